The SMILES string of the molecule is CC(C)(C)OC(=O)Oc1ccc2c(c1)[I-]c1ccccc1O2. The van der Waals surface area contributed by atoms with Crippen molar-refractivity contribution in [3.63, 3.8) is 0 Å². The van der Waals surface area contributed by atoms with Crippen molar-refractivity contribution in [2.45, 2.75) is 26.4 Å². The van der Waals surface area contributed by atoms with Crippen LogP contribution in [0.3, 0.4) is 0 Å². The third-order valence-electron chi connectivity index (χ3n) is 2.75. The molecule has 0 aliphatic carbocycles. The quantitative estimate of drug-likeness (QED) is 0.344. The van der Waals surface area contributed by atoms with Gasteiger partial charge in [0.15, 0.2) is 0 Å². The monoisotopic (exact) mass is 411 g/mol. The molecule has 0 aromatic heterocycles. The number of carbonyl (C=O) groups is 1. The first-order valence-electron chi connectivity index (χ1n) is 6.87. The summed E-state index contributed by atoms with van der Waals surface area (Å²) in [5.41, 5.74) is -0.569. The van der Waals surface area contributed by atoms with Gasteiger partial charge in [0.25, 0.3) is 0 Å². The number of fused-ring (bicyclic) bond motifs is 2. The number of hydrogen-bond donors (Lipinski definition) is 0. The molecule has 5 heteroatoms. The van der Waals surface area contributed by atoms with E-state index >= 15 is 0 Å². The van der Waals surface area contributed by atoms with Crippen molar-refractivity contribution in [3.05, 3.63) is 49.6 Å². The molecule has 0 atom stereocenters. The fourth-order valence-corrected chi connectivity index (χ4v) is 4.49. The maximum atomic E-state index is 11.7. The summed E-state index contributed by atoms with van der Waals surface area (Å²) in [6.07, 6.45) is -0.692. The van der Waals surface area contributed by atoms with Gasteiger partial charge in [-0.15, -0.1) is 0 Å². The number of hydrogen-bond acceptors (Lipinski definition) is 4. The van der Waals surface area contributed by atoms with E-state index in [0.29, 0.717) is 5.75 Å². The Kier molecular flexibility index (Phi) is 3.99. The third-order valence-corrected chi connectivity index (χ3v) is 5.65. The van der Waals surface area contributed by atoms with E-state index in [1.807, 2.05) is 30.3 Å². The van der Waals surface area contributed by atoms with E-state index in [1.54, 1.807) is 26.8 Å². The standard InChI is InChI=1S/C17H16IO4/c1-17(2,3)22-16(19)20-11-8-9-15-13(10-11)18-12-6-4-5-7-14(12)21-15/h4-10H,1-3H3/q-1. The molecule has 2 aromatic carbocycles. The van der Waals surface area contributed by atoms with Gasteiger partial charge in [0.05, 0.1) is 0 Å². The molecule has 116 valence electrons. The molecule has 0 spiro atoms. The molecular formula is C17H16IO4-. The van der Waals surface area contributed by atoms with Crippen molar-refractivity contribution in [1.29, 1.82) is 0 Å². The topological polar surface area (TPSA) is 44.8 Å². The van der Waals surface area contributed by atoms with Gasteiger partial charge in [-0.3, -0.25) is 0 Å². The Morgan fingerprint density at radius 2 is 1.77 bits per heavy atom. The first-order valence-corrected chi connectivity index (χ1v) is 9.03. The third kappa shape index (κ3) is 3.52. The molecule has 22 heavy (non-hydrogen) atoms. The molecular weight excluding hydrogens is 395 g/mol. The fraction of sp³-hybridized carbons (Fsp3) is 0.235. The van der Waals surface area contributed by atoms with Crippen molar-refractivity contribution < 1.29 is 40.2 Å². The molecule has 0 N–H and O–H groups in total. The summed E-state index contributed by atoms with van der Waals surface area (Å²) >= 11 is -0.352. The predicted octanol–water partition coefficient (Wildman–Crippen LogP) is 1.23. The van der Waals surface area contributed by atoms with E-state index in [-0.39, 0.29) is 21.2 Å². The molecule has 0 radical (unpaired) electrons. The van der Waals surface area contributed by atoms with Crippen molar-refractivity contribution in [1.82, 2.24) is 0 Å². The number of para-hydroxylation sites is 1. The molecule has 1 aliphatic rings. The van der Waals surface area contributed by atoms with E-state index in [2.05, 4.69) is 6.07 Å². The zero-order valence-electron chi connectivity index (χ0n) is 12.6. The zero-order valence-corrected chi connectivity index (χ0v) is 14.7. The fourth-order valence-electron chi connectivity index (χ4n) is 1.90. The molecule has 0 amide bonds. The molecule has 1 aliphatic heterocycles. The zero-order chi connectivity index (χ0) is 15.7. The van der Waals surface area contributed by atoms with Gasteiger partial charge < -0.3 is 0 Å². The first-order chi connectivity index (χ1) is 10.4. The normalized spacial score (nSPS) is 13.0. The van der Waals surface area contributed by atoms with Crippen LogP contribution in [-0.2, 0) is 4.74 Å². The van der Waals surface area contributed by atoms with Gasteiger partial charge in [-0.2, -0.15) is 0 Å². The van der Waals surface area contributed by atoms with Crippen LogP contribution in [0.1, 0.15) is 20.8 Å². The minimum absolute atomic E-state index is 0.352. The van der Waals surface area contributed by atoms with Crippen LogP contribution in [0.5, 0.6) is 17.2 Å². The Morgan fingerprint density at radius 1 is 1.05 bits per heavy atom. The number of ether oxygens (including phenoxy) is 3. The van der Waals surface area contributed by atoms with Gasteiger partial charge >= 0.3 is 140 Å². The van der Waals surface area contributed by atoms with Gasteiger partial charge in [-0.25, -0.2) is 0 Å². The molecule has 1 heterocycles. The molecule has 0 saturated carbocycles. The van der Waals surface area contributed by atoms with Gasteiger partial charge in [-0.1, -0.05) is 0 Å². The first kappa shape index (κ1) is 15.1. The van der Waals surface area contributed by atoms with Crippen LogP contribution in [0, 0.1) is 7.14 Å². The number of benzene rings is 2. The Balaban J connectivity index is 1.77. The van der Waals surface area contributed by atoms with E-state index < -0.39 is 11.8 Å². The molecule has 2 aromatic rings. The summed E-state index contributed by atoms with van der Waals surface area (Å²) in [5, 5.41) is 0. The molecule has 3 rings (SSSR count). The summed E-state index contributed by atoms with van der Waals surface area (Å²) < 4.78 is 18.6. The Bertz CT molecular complexity index is 719. The van der Waals surface area contributed by atoms with Crippen LogP contribution >= 0.6 is 0 Å². The van der Waals surface area contributed by atoms with Crippen LogP contribution in [0.15, 0.2) is 42.5 Å². The molecule has 0 unspecified atom stereocenters. The van der Waals surface area contributed by atoms with Crippen molar-refractivity contribution in [2.24, 2.45) is 0 Å². The van der Waals surface area contributed by atoms with Crippen LogP contribution < -0.4 is 30.7 Å². The summed E-state index contributed by atoms with van der Waals surface area (Å²) in [6.45, 7) is 5.41. The summed E-state index contributed by atoms with van der Waals surface area (Å²) in [6, 6.07) is 13.4. The maximum absolute atomic E-state index is 11.7. The number of carbonyl (C=O) groups excluding carboxylic acids is 1. The van der Waals surface area contributed by atoms with Crippen LogP contribution in [0.25, 0.3) is 0 Å². The van der Waals surface area contributed by atoms with E-state index in [0.717, 1.165) is 15.1 Å². The second-order valence-corrected chi connectivity index (χ2v) is 8.65. The second kappa shape index (κ2) is 5.79. The average Bonchev–Trinajstić information content (AvgIpc) is 2.43. The Hall–Kier alpha value is -1.76. The van der Waals surface area contributed by atoms with E-state index in [4.69, 9.17) is 14.2 Å². The Labute approximate surface area is 139 Å². The van der Waals surface area contributed by atoms with Crippen LogP contribution in [0.4, 0.5) is 4.79 Å². The average molecular weight is 411 g/mol. The number of halogens is 1. The predicted molar refractivity (Wildman–Crippen MR) is 77.2 cm³/mol. The van der Waals surface area contributed by atoms with E-state index in [9.17, 15) is 4.79 Å². The van der Waals surface area contributed by atoms with Crippen LogP contribution in [0.2, 0.25) is 0 Å². The van der Waals surface area contributed by atoms with E-state index in [1.165, 1.54) is 3.57 Å². The van der Waals surface area contributed by atoms with Gasteiger partial charge in [0.1, 0.15) is 0 Å². The Morgan fingerprint density at radius 3 is 2.55 bits per heavy atom. The second-order valence-electron chi connectivity index (χ2n) is 5.79. The molecule has 4 nitrogen and oxygen atoms in total. The van der Waals surface area contributed by atoms with Gasteiger partial charge in [0.2, 0.25) is 0 Å². The van der Waals surface area contributed by atoms with Gasteiger partial charge in [0, 0.05) is 0 Å². The summed E-state index contributed by atoms with van der Waals surface area (Å²) in [7, 11) is 0. The van der Waals surface area contributed by atoms with Gasteiger partial charge in [-0.05, 0) is 0 Å². The van der Waals surface area contributed by atoms with Crippen molar-refractivity contribution >= 4 is 6.16 Å². The molecule has 0 bridgehead atoms. The van der Waals surface area contributed by atoms with Crippen LogP contribution in [-0.4, -0.2) is 11.8 Å². The number of rotatable bonds is 1. The minimum atomic E-state index is -0.692. The summed E-state index contributed by atoms with van der Waals surface area (Å²) in [4.78, 5) is 11.7. The molecule has 0 saturated heterocycles. The van der Waals surface area contributed by atoms with Crippen molar-refractivity contribution in [2.75, 3.05) is 0 Å². The molecule has 0 fully saturated rings. The summed E-state index contributed by atoms with van der Waals surface area (Å²) in [5.74, 6) is 2.24. The van der Waals surface area contributed by atoms with Crippen molar-refractivity contribution in [3.8, 4) is 17.2 Å².